The number of anilines is 1. The Morgan fingerprint density at radius 2 is 1.85 bits per heavy atom. The zero-order valence-electron chi connectivity index (χ0n) is 14.4. The third-order valence-corrected chi connectivity index (χ3v) is 3.86. The molecule has 0 bridgehead atoms. The number of hydrogen-bond donors (Lipinski definition) is 1. The van der Waals surface area contributed by atoms with Gasteiger partial charge in [0.1, 0.15) is 5.75 Å². The average molecular weight is 491 g/mol. The second-order valence-electron chi connectivity index (χ2n) is 5.56. The molecular weight excluding hydrogens is 471 g/mol. The molecule has 146 valence electrons. The van der Waals surface area contributed by atoms with Gasteiger partial charge in [-0.25, -0.2) is 15.0 Å². The van der Waals surface area contributed by atoms with Crippen LogP contribution in [0.5, 0.6) is 5.75 Å². The highest BCUT2D eigenvalue weighted by Crippen LogP contribution is 2.13. The van der Waals surface area contributed by atoms with Crippen molar-refractivity contribution in [3.63, 3.8) is 0 Å². The van der Waals surface area contributed by atoms with E-state index in [0.717, 1.165) is 13.1 Å². The summed E-state index contributed by atoms with van der Waals surface area (Å²) in [6.45, 7) is 0.319. The van der Waals surface area contributed by atoms with Crippen molar-refractivity contribution in [1.29, 1.82) is 0 Å². The molecule has 0 amide bonds. The predicted octanol–water partition coefficient (Wildman–Crippen LogP) is 1.73. The SMILES string of the molecule is I.NC(=NCc1ccc(OC(F)F)cn1)N1CCN(c2ncccn2)CC1. The fourth-order valence-electron chi connectivity index (χ4n) is 2.53. The molecule has 1 fully saturated rings. The number of guanidine groups is 1. The average Bonchev–Trinajstić information content (AvgIpc) is 2.67. The molecule has 3 heterocycles. The second kappa shape index (κ2) is 10.1. The summed E-state index contributed by atoms with van der Waals surface area (Å²) in [7, 11) is 0. The van der Waals surface area contributed by atoms with Crippen LogP contribution in [-0.4, -0.2) is 58.6 Å². The number of aromatic nitrogens is 3. The Balaban J connectivity index is 0.00000261. The molecule has 1 aliphatic heterocycles. The van der Waals surface area contributed by atoms with Crippen LogP contribution in [0.2, 0.25) is 0 Å². The molecule has 1 aliphatic rings. The Morgan fingerprint density at radius 1 is 1.15 bits per heavy atom. The number of aliphatic imine (C=N–C) groups is 1. The van der Waals surface area contributed by atoms with E-state index in [0.29, 0.717) is 30.7 Å². The smallest absolute Gasteiger partial charge is 0.387 e. The van der Waals surface area contributed by atoms with Crippen LogP contribution < -0.4 is 15.4 Å². The number of ether oxygens (including phenoxy) is 1. The van der Waals surface area contributed by atoms with Crippen molar-refractivity contribution in [2.24, 2.45) is 10.7 Å². The summed E-state index contributed by atoms with van der Waals surface area (Å²) in [5.74, 6) is 1.14. The van der Waals surface area contributed by atoms with Gasteiger partial charge < -0.3 is 20.3 Å². The third kappa shape index (κ3) is 6.12. The van der Waals surface area contributed by atoms with E-state index >= 15 is 0 Å². The number of hydrogen-bond acceptors (Lipinski definition) is 6. The van der Waals surface area contributed by atoms with Crippen LogP contribution in [0.1, 0.15) is 5.69 Å². The number of alkyl halides is 2. The Labute approximate surface area is 172 Å². The molecule has 0 aliphatic carbocycles. The lowest BCUT2D eigenvalue weighted by atomic mass is 10.3. The minimum atomic E-state index is -2.86. The molecule has 27 heavy (non-hydrogen) atoms. The van der Waals surface area contributed by atoms with Crippen LogP contribution in [0, 0.1) is 0 Å². The van der Waals surface area contributed by atoms with Crippen molar-refractivity contribution in [3.8, 4) is 5.75 Å². The highest BCUT2D eigenvalue weighted by molar-refractivity contribution is 14.0. The van der Waals surface area contributed by atoms with E-state index in [1.807, 2.05) is 4.90 Å². The summed E-state index contributed by atoms with van der Waals surface area (Å²) in [6.07, 6.45) is 4.68. The number of pyridine rings is 1. The summed E-state index contributed by atoms with van der Waals surface area (Å²) < 4.78 is 28.5. The molecule has 2 aromatic heterocycles. The lowest BCUT2D eigenvalue weighted by Gasteiger charge is -2.35. The summed E-state index contributed by atoms with van der Waals surface area (Å²) in [4.78, 5) is 20.9. The van der Waals surface area contributed by atoms with Gasteiger partial charge in [0.2, 0.25) is 5.95 Å². The zero-order valence-corrected chi connectivity index (χ0v) is 16.7. The van der Waals surface area contributed by atoms with Crippen molar-refractivity contribution >= 4 is 35.9 Å². The minimum Gasteiger partial charge on any atom is -0.433 e. The molecule has 3 rings (SSSR count). The van der Waals surface area contributed by atoms with Crippen molar-refractivity contribution in [1.82, 2.24) is 19.9 Å². The standard InChI is InChI=1S/C16H19F2N7O.HI/c17-14(18)26-13-3-2-12(22-11-13)10-23-15(19)24-6-8-25(9-7-24)16-20-4-1-5-21-16;/h1-5,11,14H,6-10H2,(H2,19,23);1H. The number of rotatable bonds is 5. The Morgan fingerprint density at radius 3 is 2.44 bits per heavy atom. The van der Waals surface area contributed by atoms with E-state index in [1.165, 1.54) is 12.3 Å². The summed E-state index contributed by atoms with van der Waals surface area (Å²) >= 11 is 0. The molecule has 0 spiro atoms. The fraction of sp³-hybridized carbons (Fsp3) is 0.375. The van der Waals surface area contributed by atoms with Gasteiger partial charge in [-0.05, 0) is 18.2 Å². The largest absolute Gasteiger partial charge is 0.433 e. The lowest BCUT2D eigenvalue weighted by Crippen LogP contribution is -2.51. The highest BCUT2D eigenvalue weighted by atomic mass is 127. The molecule has 8 nitrogen and oxygen atoms in total. The van der Waals surface area contributed by atoms with Crippen molar-refractivity contribution in [2.45, 2.75) is 13.2 Å². The molecule has 11 heteroatoms. The molecule has 2 N–H and O–H groups in total. The summed E-state index contributed by atoms with van der Waals surface area (Å²) in [5, 5.41) is 0. The number of halogens is 3. The van der Waals surface area contributed by atoms with E-state index in [2.05, 4.69) is 29.6 Å². The Bertz CT molecular complexity index is 725. The maximum atomic E-state index is 12.1. The Hall–Kier alpha value is -2.31. The van der Waals surface area contributed by atoms with Crippen molar-refractivity contribution in [3.05, 3.63) is 42.5 Å². The fourth-order valence-corrected chi connectivity index (χ4v) is 2.53. The van der Waals surface area contributed by atoms with E-state index in [-0.39, 0.29) is 36.3 Å². The first-order valence-corrected chi connectivity index (χ1v) is 8.08. The molecule has 2 aromatic rings. The molecule has 0 saturated carbocycles. The number of piperazine rings is 1. The quantitative estimate of drug-likeness (QED) is 0.387. The Kier molecular flexibility index (Phi) is 7.88. The summed E-state index contributed by atoms with van der Waals surface area (Å²) in [6, 6.07) is 4.79. The van der Waals surface area contributed by atoms with Gasteiger partial charge in [-0.1, -0.05) is 0 Å². The number of nitrogens with zero attached hydrogens (tertiary/aromatic N) is 6. The van der Waals surface area contributed by atoms with Gasteiger partial charge in [0.25, 0.3) is 0 Å². The van der Waals surface area contributed by atoms with Crippen LogP contribution in [0.25, 0.3) is 0 Å². The van der Waals surface area contributed by atoms with Gasteiger partial charge in [-0.2, -0.15) is 8.78 Å². The van der Waals surface area contributed by atoms with E-state index in [4.69, 9.17) is 5.73 Å². The van der Waals surface area contributed by atoms with Crippen LogP contribution >= 0.6 is 24.0 Å². The van der Waals surface area contributed by atoms with Gasteiger partial charge in [0.15, 0.2) is 5.96 Å². The maximum absolute atomic E-state index is 12.1. The van der Waals surface area contributed by atoms with Gasteiger partial charge in [0.05, 0.1) is 18.4 Å². The van der Waals surface area contributed by atoms with E-state index < -0.39 is 6.61 Å². The van der Waals surface area contributed by atoms with Gasteiger partial charge >= 0.3 is 6.61 Å². The van der Waals surface area contributed by atoms with Gasteiger partial charge in [0, 0.05) is 38.6 Å². The molecule has 0 aromatic carbocycles. The van der Waals surface area contributed by atoms with Crippen molar-refractivity contribution < 1.29 is 13.5 Å². The third-order valence-electron chi connectivity index (χ3n) is 3.86. The predicted molar refractivity (Wildman–Crippen MR) is 107 cm³/mol. The zero-order chi connectivity index (χ0) is 18.4. The van der Waals surface area contributed by atoms with Crippen LogP contribution in [0.15, 0.2) is 41.8 Å². The van der Waals surface area contributed by atoms with Crippen LogP contribution in [0.4, 0.5) is 14.7 Å². The first-order valence-electron chi connectivity index (χ1n) is 8.08. The molecule has 1 saturated heterocycles. The van der Waals surface area contributed by atoms with Crippen LogP contribution in [-0.2, 0) is 6.54 Å². The molecule has 0 radical (unpaired) electrons. The second-order valence-corrected chi connectivity index (χ2v) is 5.56. The summed E-state index contributed by atoms with van der Waals surface area (Å²) in [5.41, 5.74) is 6.67. The van der Waals surface area contributed by atoms with E-state index in [1.54, 1.807) is 24.5 Å². The molecular formula is C16H20F2IN7O. The van der Waals surface area contributed by atoms with Gasteiger partial charge in [-0.15, -0.1) is 24.0 Å². The van der Waals surface area contributed by atoms with Crippen molar-refractivity contribution in [2.75, 3.05) is 31.1 Å². The highest BCUT2D eigenvalue weighted by Gasteiger charge is 2.19. The van der Waals surface area contributed by atoms with Gasteiger partial charge in [-0.3, -0.25) is 4.98 Å². The first-order chi connectivity index (χ1) is 12.6. The lowest BCUT2D eigenvalue weighted by molar-refractivity contribution is -0.0500. The van der Waals surface area contributed by atoms with Crippen LogP contribution in [0.3, 0.4) is 0 Å². The van der Waals surface area contributed by atoms with E-state index in [9.17, 15) is 8.78 Å². The normalized spacial score (nSPS) is 14.9. The monoisotopic (exact) mass is 491 g/mol. The topological polar surface area (TPSA) is 92.8 Å². The number of nitrogens with two attached hydrogens (primary N) is 1. The first kappa shape index (κ1) is 21.0. The molecule has 0 atom stereocenters. The minimum absolute atomic E-state index is 0. The molecule has 0 unspecified atom stereocenters. The maximum Gasteiger partial charge on any atom is 0.387 e.